The summed E-state index contributed by atoms with van der Waals surface area (Å²) in [6.07, 6.45) is -0.988. The molecule has 40 heavy (non-hydrogen) atoms. The van der Waals surface area contributed by atoms with Gasteiger partial charge in [0.2, 0.25) is 0 Å². The number of carbonyl (C=O) groups excluding carboxylic acids is 1. The minimum Gasteiger partial charge on any atom is -0.462 e. The highest BCUT2D eigenvalue weighted by Crippen LogP contribution is 2.33. The molecule has 4 aromatic rings. The van der Waals surface area contributed by atoms with E-state index in [1.54, 1.807) is 13.1 Å². The number of carbonyl (C=O) groups is 1. The molecule has 0 aliphatic rings. The molecule has 0 bridgehead atoms. The number of esters is 1. The fourth-order valence-electron chi connectivity index (χ4n) is 4.50. The number of hydrogen-bond acceptors (Lipinski definition) is 6. The first-order chi connectivity index (χ1) is 19.6. The predicted octanol–water partition coefficient (Wildman–Crippen LogP) is 5.92. The van der Waals surface area contributed by atoms with Crippen LogP contribution >= 0.6 is 0 Å². The molecular weight excluding hydrogens is 506 g/mol. The zero-order chi connectivity index (χ0) is 28.2. The third kappa shape index (κ3) is 8.13. The molecule has 210 valence electrons. The van der Waals surface area contributed by atoms with Crippen molar-refractivity contribution < 1.29 is 28.8 Å². The topological polar surface area (TPSA) is 90.0 Å². The first-order valence-corrected chi connectivity index (χ1v) is 13.5. The molecule has 7 heteroatoms. The smallest absolute Gasteiger partial charge is 0.340 e. The number of rotatable bonds is 15. The third-order valence-corrected chi connectivity index (χ3v) is 6.53. The summed E-state index contributed by atoms with van der Waals surface area (Å²) in [5.41, 5.74) is 4.49. The van der Waals surface area contributed by atoms with Crippen LogP contribution in [0.25, 0.3) is 0 Å². The SMILES string of the molecule is CCOC(=O)c1c(C(OCc2ccccc2)C(OCc2ccccc2)C(O)COCc2ccccc2)c[nH]c1C. The highest BCUT2D eigenvalue weighted by atomic mass is 16.6. The van der Waals surface area contributed by atoms with Crippen LogP contribution in [0.15, 0.2) is 97.2 Å². The Morgan fingerprint density at radius 3 is 1.88 bits per heavy atom. The maximum atomic E-state index is 13.0. The maximum Gasteiger partial charge on any atom is 0.340 e. The van der Waals surface area contributed by atoms with Gasteiger partial charge in [-0.05, 0) is 30.5 Å². The summed E-state index contributed by atoms with van der Waals surface area (Å²) in [7, 11) is 0. The monoisotopic (exact) mass is 543 g/mol. The first kappa shape index (κ1) is 29.2. The summed E-state index contributed by atoms with van der Waals surface area (Å²) >= 11 is 0. The van der Waals surface area contributed by atoms with E-state index in [1.807, 2.05) is 97.9 Å². The number of aliphatic hydroxyl groups excluding tert-OH is 1. The van der Waals surface area contributed by atoms with Crippen molar-refractivity contribution in [1.82, 2.24) is 4.98 Å². The van der Waals surface area contributed by atoms with E-state index in [0.717, 1.165) is 16.7 Å². The van der Waals surface area contributed by atoms with Crippen molar-refractivity contribution in [3.05, 3.63) is 131 Å². The van der Waals surface area contributed by atoms with Gasteiger partial charge in [0.25, 0.3) is 0 Å². The zero-order valence-corrected chi connectivity index (χ0v) is 23.0. The first-order valence-electron chi connectivity index (χ1n) is 13.5. The van der Waals surface area contributed by atoms with Gasteiger partial charge in [-0.2, -0.15) is 0 Å². The van der Waals surface area contributed by atoms with E-state index in [1.165, 1.54) is 0 Å². The summed E-state index contributed by atoms with van der Waals surface area (Å²) in [5, 5.41) is 11.5. The summed E-state index contributed by atoms with van der Waals surface area (Å²) in [5.74, 6) is -0.457. The second kappa shape index (κ2) is 15.1. The maximum absolute atomic E-state index is 13.0. The van der Waals surface area contributed by atoms with Crippen LogP contribution in [0, 0.1) is 6.92 Å². The molecule has 7 nitrogen and oxygen atoms in total. The fourth-order valence-corrected chi connectivity index (χ4v) is 4.50. The highest BCUT2D eigenvalue weighted by Gasteiger charge is 2.36. The number of hydrogen-bond donors (Lipinski definition) is 2. The van der Waals surface area contributed by atoms with Crippen LogP contribution in [0.2, 0.25) is 0 Å². The minimum atomic E-state index is -1.06. The van der Waals surface area contributed by atoms with Crippen LogP contribution in [0.4, 0.5) is 0 Å². The number of nitrogens with one attached hydrogen (secondary N) is 1. The van der Waals surface area contributed by atoms with Crippen LogP contribution in [-0.2, 0) is 38.8 Å². The van der Waals surface area contributed by atoms with Gasteiger partial charge in [-0.1, -0.05) is 91.0 Å². The molecule has 3 unspecified atom stereocenters. The Kier molecular flexibility index (Phi) is 11.1. The minimum absolute atomic E-state index is 0.0116. The van der Waals surface area contributed by atoms with Gasteiger partial charge in [0.1, 0.15) is 18.3 Å². The van der Waals surface area contributed by atoms with Crippen molar-refractivity contribution in [3.63, 3.8) is 0 Å². The van der Waals surface area contributed by atoms with Crippen molar-refractivity contribution in [1.29, 1.82) is 0 Å². The number of aryl methyl sites for hydroxylation is 1. The van der Waals surface area contributed by atoms with Crippen LogP contribution in [-0.4, -0.2) is 41.5 Å². The molecule has 0 radical (unpaired) electrons. The lowest BCUT2D eigenvalue weighted by molar-refractivity contribution is -0.150. The molecule has 0 aliphatic heterocycles. The number of ether oxygens (including phenoxy) is 4. The van der Waals surface area contributed by atoms with Crippen molar-refractivity contribution in [2.75, 3.05) is 13.2 Å². The number of H-pyrrole nitrogens is 1. The van der Waals surface area contributed by atoms with Gasteiger partial charge < -0.3 is 29.0 Å². The lowest BCUT2D eigenvalue weighted by Gasteiger charge is -2.31. The number of aromatic amines is 1. The van der Waals surface area contributed by atoms with Crippen LogP contribution in [0.3, 0.4) is 0 Å². The average molecular weight is 544 g/mol. The van der Waals surface area contributed by atoms with Crippen molar-refractivity contribution in [3.8, 4) is 0 Å². The van der Waals surface area contributed by atoms with Crippen molar-refractivity contribution in [2.24, 2.45) is 0 Å². The second-order valence-corrected chi connectivity index (χ2v) is 9.51. The molecule has 4 rings (SSSR count). The summed E-state index contributed by atoms with van der Waals surface area (Å²) in [6.45, 7) is 4.66. The molecule has 0 saturated heterocycles. The normalized spacial score (nSPS) is 13.5. The Balaban J connectivity index is 1.63. The van der Waals surface area contributed by atoms with Gasteiger partial charge in [0.05, 0.1) is 38.6 Å². The van der Waals surface area contributed by atoms with Gasteiger partial charge in [-0.3, -0.25) is 0 Å². The van der Waals surface area contributed by atoms with Crippen LogP contribution < -0.4 is 0 Å². The molecule has 1 heterocycles. The Hall–Kier alpha value is -3.75. The Morgan fingerprint density at radius 2 is 1.32 bits per heavy atom. The Morgan fingerprint density at radius 1 is 0.800 bits per heavy atom. The number of aliphatic hydroxyl groups is 1. The average Bonchev–Trinajstić information content (AvgIpc) is 3.37. The predicted molar refractivity (Wildman–Crippen MR) is 153 cm³/mol. The molecule has 0 saturated carbocycles. The van der Waals surface area contributed by atoms with Gasteiger partial charge in [0, 0.05) is 17.5 Å². The molecule has 0 fully saturated rings. The Bertz CT molecular complexity index is 1290. The Labute approximate surface area is 235 Å². The molecule has 3 atom stereocenters. The quantitative estimate of drug-likeness (QED) is 0.181. The van der Waals surface area contributed by atoms with E-state index in [-0.39, 0.29) is 26.4 Å². The molecule has 0 amide bonds. The molecular formula is C33H37NO6. The summed E-state index contributed by atoms with van der Waals surface area (Å²) < 4.78 is 24.1. The van der Waals surface area contributed by atoms with Gasteiger partial charge in [-0.25, -0.2) is 4.79 Å². The van der Waals surface area contributed by atoms with Crippen LogP contribution in [0.1, 0.15) is 51.3 Å². The second-order valence-electron chi connectivity index (χ2n) is 9.51. The van der Waals surface area contributed by atoms with Crippen molar-refractivity contribution >= 4 is 5.97 Å². The number of aromatic nitrogens is 1. The summed E-state index contributed by atoms with van der Waals surface area (Å²) in [4.78, 5) is 16.1. The van der Waals surface area contributed by atoms with E-state index >= 15 is 0 Å². The van der Waals surface area contributed by atoms with Gasteiger partial charge in [0.15, 0.2) is 0 Å². The van der Waals surface area contributed by atoms with E-state index in [9.17, 15) is 9.90 Å². The zero-order valence-electron chi connectivity index (χ0n) is 23.0. The standard InChI is InChI=1S/C33H37NO6/c1-3-38-33(36)30-24(2)34-19-28(30)31(39-21-26-15-9-5-10-16-26)32(40-22-27-17-11-6-12-18-27)29(35)23-37-20-25-13-7-4-8-14-25/h4-19,29,31-32,34-35H,3,20-23H2,1-2H3. The molecule has 1 aromatic heterocycles. The van der Waals surface area contributed by atoms with E-state index < -0.39 is 24.3 Å². The third-order valence-electron chi connectivity index (χ3n) is 6.53. The van der Waals surface area contributed by atoms with E-state index in [0.29, 0.717) is 23.4 Å². The largest absolute Gasteiger partial charge is 0.462 e. The molecule has 3 aromatic carbocycles. The van der Waals surface area contributed by atoms with Gasteiger partial charge in [-0.15, -0.1) is 0 Å². The molecule has 2 N–H and O–H groups in total. The number of benzene rings is 3. The molecule has 0 aliphatic carbocycles. The van der Waals surface area contributed by atoms with E-state index in [4.69, 9.17) is 18.9 Å². The lowest BCUT2D eigenvalue weighted by Crippen LogP contribution is -2.39. The van der Waals surface area contributed by atoms with Crippen molar-refractivity contribution in [2.45, 2.75) is 52.0 Å². The molecule has 0 spiro atoms. The summed E-state index contributed by atoms with van der Waals surface area (Å²) in [6, 6.07) is 29.2. The van der Waals surface area contributed by atoms with E-state index in [2.05, 4.69) is 4.98 Å². The van der Waals surface area contributed by atoms with Crippen LogP contribution in [0.5, 0.6) is 0 Å². The lowest BCUT2D eigenvalue weighted by atomic mass is 9.97. The van der Waals surface area contributed by atoms with Gasteiger partial charge >= 0.3 is 5.97 Å². The highest BCUT2D eigenvalue weighted by molar-refractivity contribution is 5.92. The fraction of sp³-hybridized carbons (Fsp3) is 0.303.